The predicted octanol–water partition coefficient (Wildman–Crippen LogP) is 4.91. The molecular weight excluding hydrogens is 428 g/mol. The van der Waals surface area contributed by atoms with Crippen molar-refractivity contribution < 1.29 is 14.2 Å². The van der Waals surface area contributed by atoms with Crippen LogP contribution in [-0.4, -0.2) is 45.1 Å². The second kappa shape index (κ2) is 10.1. The fourth-order valence-corrected chi connectivity index (χ4v) is 1.49. The van der Waals surface area contributed by atoms with Gasteiger partial charge in [0.05, 0.1) is 25.0 Å². The smallest absolute Gasteiger partial charge is 0.213 e. The van der Waals surface area contributed by atoms with E-state index in [1.54, 1.807) is 0 Å². The third-order valence-electron chi connectivity index (χ3n) is 1.42. The molecule has 2 atom stereocenters. The van der Waals surface area contributed by atoms with Crippen molar-refractivity contribution in [2.24, 2.45) is 0 Å². The number of ether oxygens (including phenoxy) is 3. The molecule has 0 saturated carbocycles. The SMILES string of the molecule is ClCC(OCC(Cl)(Cl)Cl)OC(CCl)OCC(Cl)(Cl)Cl. The van der Waals surface area contributed by atoms with Gasteiger partial charge in [-0.15, -0.1) is 23.2 Å². The van der Waals surface area contributed by atoms with E-state index < -0.39 is 20.2 Å². The molecule has 0 saturated heterocycles. The Morgan fingerprint density at radius 3 is 1.21 bits per heavy atom. The molecule has 0 fully saturated rings. The average molecular weight is 438 g/mol. The van der Waals surface area contributed by atoms with Crippen molar-refractivity contribution in [3.63, 3.8) is 0 Å². The van der Waals surface area contributed by atoms with Gasteiger partial charge < -0.3 is 14.2 Å². The zero-order chi connectivity index (χ0) is 15.1. The maximum atomic E-state index is 5.63. The van der Waals surface area contributed by atoms with Gasteiger partial charge in [0.15, 0.2) is 12.6 Å². The van der Waals surface area contributed by atoms with Crippen molar-refractivity contribution in [2.75, 3.05) is 25.0 Å². The minimum absolute atomic E-state index is 0.0226. The molecule has 0 aliphatic carbocycles. The number of rotatable bonds is 8. The molecule has 0 N–H and O–H groups in total. The van der Waals surface area contributed by atoms with Crippen molar-refractivity contribution in [3.05, 3.63) is 0 Å². The minimum Gasteiger partial charge on any atom is -0.347 e. The fraction of sp³-hybridized carbons (Fsp3) is 1.00. The van der Waals surface area contributed by atoms with Crippen LogP contribution in [0.4, 0.5) is 0 Å². The zero-order valence-corrected chi connectivity index (χ0v) is 15.3. The molecule has 0 aromatic heterocycles. The van der Waals surface area contributed by atoms with E-state index in [2.05, 4.69) is 0 Å². The molecule has 3 nitrogen and oxygen atoms in total. The topological polar surface area (TPSA) is 27.7 Å². The first-order valence-electron chi connectivity index (χ1n) is 4.71. The highest BCUT2D eigenvalue weighted by Crippen LogP contribution is 2.28. The van der Waals surface area contributed by atoms with Crippen molar-refractivity contribution in [1.29, 1.82) is 0 Å². The van der Waals surface area contributed by atoms with Crippen LogP contribution >= 0.6 is 92.8 Å². The molecule has 0 amide bonds. The highest BCUT2D eigenvalue weighted by molar-refractivity contribution is 6.68. The highest BCUT2D eigenvalue weighted by atomic mass is 35.6. The van der Waals surface area contributed by atoms with Gasteiger partial charge in [-0.25, -0.2) is 0 Å². The lowest BCUT2D eigenvalue weighted by molar-refractivity contribution is -0.227. The van der Waals surface area contributed by atoms with E-state index in [9.17, 15) is 0 Å². The molecule has 0 spiro atoms. The van der Waals surface area contributed by atoms with Gasteiger partial charge >= 0.3 is 0 Å². The quantitative estimate of drug-likeness (QED) is 0.399. The zero-order valence-electron chi connectivity index (χ0n) is 9.23. The van der Waals surface area contributed by atoms with Crippen LogP contribution in [0.5, 0.6) is 0 Å². The first-order valence-corrected chi connectivity index (χ1v) is 8.05. The Morgan fingerprint density at radius 2 is 1.00 bits per heavy atom. The molecule has 0 radical (unpaired) electrons. The van der Waals surface area contributed by atoms with Gasteiger partial charge in [0, 0.05) is 0 Å². The van der Waals surface area contributed by atoms with Crippen LogP contribution in [-0.2, 0) is 14.2 Å². The van der Waals surface area contributed by atoms with Crippen molar-refractivity contribution in [3.8, 4) is 0 Å². The molecule has 19 heavy (non-hydrogen) atoms. The second-order valence-corrected chi connectivity index (χ2v) is 8.81. The Kier molecular flexibility index (Phi) is 11.2. The van der Waals surface area contributed by atoms with Gasteiger partial charge in [-0.05, 0) is 0 Å². The largest absolute Gasteiger partial charge is 0.347 e. The van der Waals surface area contributed by atoms with Gasteiger partial charge in [-0.2, -0.15) is 0 Å². The number of hydrogen-bond donors (Lipinski definition) is 0. The minimum atomic E-state index is -1.58. The summed E-state index contributed by atoms with van der Waals surface area (Å²) in [6.07, 6.45) is -1.76. The van der Waals surface area contributed by atoms with Crippen LogP contribution in [0, 0.1) is 0 Å². The predicted molar refractivity (Wildman–Crippen MR) is 82.6 cm³/mol. The van der Waals surface area contributed by atoms with Gasteiger partial charge in [-0.3, -0.25) is 0 Å². The Morgan fingerprint density at radius 1 is 0.684 bits per heavy atom. The summed E-state index contributed by atoms with van der Waals surface area (Å²) in [6.45, 7) is -0.428. The highest BCUT2D eigenvalue weighted by Gasteiger charge is 2.26. The van der Waals surface area contributed by atoms with Crippen LogP contribution in [0.1, 0.15) is 0 Å². The van der Waals surface area contributed by atoms with Crippen LogP contribution in [0.3, 0.4) is 0 Å². The van der Waals surface area contributed by atoms with Gasteiger partial charge in [-0.1, -0.05) is 69.6 Å². The normalized spacial score (nSPS) is 16.4. The van der Waals surface area contributed by atoms with Crippen molar-refractivity contribution in [2.45, 2.75) is 20.2 Å². The third-order valence-corrected chi connectivity index (χ3v) is 2.58. The van der Waals surface area contributed by atoms with E-state index in [0.717, 1.165) is 0 Å². The number of hydrogen-bond acceptors (Lipinski definition) is 3. The average Bonchev–Trinajstić information content (AvgIpc) is 2.25. The van der Waals surface area contributed by atoms with Gasteiger partial charge in [0.2, 0.25) is 7.59 Å². The summed E-state index contributed by atoms with van der Waals surface area (Å²) in [7, 11) is 0. The van der Waals surface area contributed by atoms with Crippen LogP contribution in [0.2, 0.25) is 0 Å². The molecule has 0 heterocycles. The maximum Gasteiger partial charge on any atom is 0.213 e. The molecule has 0 aromatic rings. The summed E-state index contributed by atoms with van der Waals surface area (Å²) in [5, 5.41) is 0. The lowest BCUT2D eigenvalue weighted by atomic mass is 10.6. The lowest BCUT2D eigenvalue weighted by Crippen LogP contribution is -2.33. The Balaban J connectivity index is 4.17. The molecular formula is C8H10Cl8O3. The third kappa shape index (κ3) is 13.6. The molecule has 0 aliphatic rings. The fourth-order valence-electron chi connectivity index (χ4n) is 0.785. The van der Waals surface area contributed by atoms with E-state index in [0.29, 0.717) is 0 Å². The van der Waals surface area contributed by atoms with Gasteiger partial charge in [0.25, 0.3) is 0 Å². The molecule has 0 aliphatic heterocycles. The first kappa shape index (κ1) is 21.2. The molecule has 116 valence electrons. The molecule has 0 bridgehead atoms. The maximum absolute atomic E-state index is 5.63. The van der Waals surface area contributed by atoms with Crippen molar-refractivity contribution >= 4 is 92.8 Å². The molecule has 0 rings (SSSR count). The van der Waals surface area contributed by atoms with Crippen LogP contribution in [0.15, 0.2) is 0 Å². The number of halogens is 8. The second-order valence-electron chi connectivity index (χ2n) is 3.16. The van der Waals surface area contributed by atoms with E-state index >= 15 is 0 Å². The summed E-state index contributed by atoms with van der Waals surface area (Å²) in [6, 6.07) is 0. The summed E-state index contributed by atoms with van der Waals surface area (Å²) in [5.41, 5.74) is 0. The molecule has 11 heteroatoms. The molecule has 2 unspecified atom stereocenters. The van der Waals surface area contributed by atoms with E-state index in [1.807, 2.05) is 0 Å². The summed E-state index contributed by atoms with van der Waals surface area (Å²) in [5.74, 6) is -0.0451. The van der Waals surface area contributed by atoms with Crippen LogP contribution < -0.4 is 0 Å². The van der Waals surface area contributed by atoms with E-state index in [1.165, 1.54) is 0 Å². The van der Waals surface area contributed by atoms with E-state index in [4.69, 9.17) is 107 Å². The first-order chi connectivity index (χ1) is 8.57. The summed E-state index contributed by atoms with van der Waals surface area (Å²) < 4.78 is 12.4. The Bertz CT molecular complexity index is 217. The Hall–Kier alpha value is 2.20. The van der Waals surface area contributed by atoms with Crippen molar-refractivity contribution in [1.82, 2.24) is 0 Å². The standard InChI is InChI=1S/C8H10Cl8O3/c9-1-5(17-3-7(11,12)13)19-6(2-10)18-4-8(14,15)16/h5-6H,1-4H2. The Labute approximate surface area is 151 Å². The van der Waals surface area contributed by atoms with E-state index in [-0.39, 0.29) is 25.0 Å². The monoisotopic (exact) mass is 434 g/mol. The summed E-state index contributed by atoms with van der Waals surface area (Å²) >= 11 is 44.4. The lowest BCUT2D eigenvalue weighted by Gasteiger charge is -2.24. The summed E-state index contributed by atoms with van der Waals surface area (Å²) in [4.78, 5) is 0. The number of alkyl halides is 8. The molecule has 0 aromatic carbocycles. The van der Waals surface area contributed by atoms with Gasteiger partial charge in [0.1, 0.15) is 0 Å². The van der Waals surface area contributed by atoms with Crippen LogP contribution in [0.25, 0.3) is 0 Å².